The topological polar surface area (TPSA) is 75.7 Å². The first-order valence-corrected chi connectivity index (χ1v) is 4.52. The monoisotopic (exact) mass is 197 g/mol. The van der Waals surface area contributed by atoms with Crippen molar-refractivity contribution in [2.24, 2.45) is 5.73 Å². The van der Waals surface area contributed by atoms with E-state index in [0.717, 1.165) is 5.56 Å². The Labute approximate surface area is 82.9 Å². The van der Waals surface area contributed by atoms with Crippen LogP contribution in [0.5, 0.6) is 11.5 Å². The molecule has 1 atom stereocenters. The zero-order valence-corrected chi connectivity index (χ0v) is 8.10. The largest absolute Gasteiger partial charge is 0.504 e. The lowest BCUT2D eigenvalue weighted by Crippen LogP contribution is -2.15. The highest BCUT2D eigenvalue weighted by Crippen LogP contribution is 2.28. The van der Waals surface area contributed by atoms with Crippen molar-refractivity contribution < 1.29 is 14.9 Å². The molecule has 0 heterocycles. The van der Waals surface area contributed by atoms with Crippen LogP contribution in [0.25, 0.3) is 0 Å². The van der Waals surface area contributed by atoms with Crippen LogP contribution >= 0.6 is 0 Å². The standard InChI is InChI=1S/C10H15NO3/c1-2-14-10(6-11)7-3-4-8(12)9(13)5-7/h3-5,10,12-13H,2,6,11H2,1H3/t10-/m0/s1. The van der Waals surface area contributed by atoms with E-state index in [0.29, 0.717) is 13.2 Å². The first kappa shape index (κ1) is 10.8. The summed E-state index contributed by atoms with van der Waals surface area (Å²) in [5, 5.41) is 18.4. The van der Waals surface area contributed by atoms with Gasteiger partial charge >= 0.3 is 0 Å². The van der Waals surface area contributed by atoms with Crippen LogP contribution in [0.2, 0.25) is 0 Å². The highest BCUT2D eigenvalue weighted by Gasteiger charge is 2.11. The summed E-state index contributed by atoms with van der Waals surface area (Å²) in [6.45, 7) is 2.78. The van der Waals surface area contributed by atoms with Gasteiger partial charge in [-0.1, -0.05) is 6.07 Å². The summed E-state index contributed by atoms with van der Waals surface area (Å²) in [7, 11) is 0. The predicted octanol–water partition coefficient (Wildman–Crippen LogP) is 1.13. The maximum atomic E-state index is 9.27. The van der Waals surface area contributed by atoms with Gasteiger partial charge in [-0.05, 0) is 24.6 Å². The van der Waals surface area contributed by atoms with Crippen molar-refractivity contribution in [1.29, 1.82) is 0 Å². The Bertz CT molecular complexity index is 301. The Balaban J connectivity index is 2.88. The van der Waals surface area contributed by atoms with E-state index >= 15 is 0 Å². The van der Waals surface area contributed by atoms with E-state index in [4.69, 9.17) is 15.6 Å². The second-order valence-corrected chi connectivity index (χ2v) is 2.93. The van der Waals surface area contributed by atoms with Crippen LogP contribution in [0, 0.1) is 0 Å². The molecule has 14 heavy (non-hydrogen) atoms. The minimum Gasteiger partial charge on any atom is -0.504 e. The maximum absolute atomic E-state index is 9.27. The van der Waals surface area contributed by atoms with E-state index in [1.165, 1.54) is 12.1 Å². The van der Waals surface area contributed by atoms with Gasteiger partial charge in [-0.25, -0.2) is 0 Å². The molecule has 4 nitrogen and oxygen atoms in total. The van der Waals surface area contributed by atoms with Crippen LogP contribution in [0.1, 0.15) is 18.6 Å². The van der Waals surface area contributed by atoms with Crippen LogP contribution in [-0.4, -0.2) is 23.4 Å². The SMILES string of the molecule is CCO[C@@H](CN)c1ccc(O)c(O)c1. The third kappa shape index (κ3) is 2.37. The summed E-state index contributed by atoms with van der Waals surface area (Å²) in [4.78, 5) is 0. The van der Waals surface area contributed by atoms with Crippen LogP contribution in [0.4, 0.5) is 0 Å². The molecule has 0 amide bonds. The van der Waals surface area contributed by atoms with Gasteiger partial charge in [0.05, 0.1) is 6.10 Å². The molecule has 0 aliphatic heterocycles. The van der Waals surface area contributed by atoms with Gasteiger partial charge in [0.2, 0.25) is 0 Å². The van der Waals surface area contributed by atoms with Crippen LogP contribution in [-0.2, 0) is 4.74 Å². The Morgan fingerprint density at radius 1 is 1.36 bits per heavy atom. The van der Waals surface area contributed by atoms with Gasteiger partial charge in [0.15, 0.2) is 11.5 Å². The maximum Gasteiger partial charge on any atom is 0.157 e. The number of aromatic hydroxyl groups is 2. The van der Waals surface area contributed by atoms with Gasteiger partial charge in [0.1, 0.15) is 0 Å². The van der Waals surface area contributed by atoms with Crippen molar-refractivity contribution in [2.45, 2.75) is 13.0 Å². The highest BCUT2D eigenvalue weighted by atomic mass is 16.5. The number of hydrogen-bond donors (Lipinski definition) is 3. The smallest absolute Gasteiger partial charge is 0.157 e. The molecule has 0 fully saturated rings. The number of phenols is 2. The Morgan fingerprint density at radius 2 is 2.07 bits per heavy atom. The molecule has 0 radical (unpaired) electrons. The number of ether oxygens (including phenoxy) is 1. The Kier molecular flexibility index (Phi) is 3.73. The molecule has 1 rings (SSSR count). The van der Waals surface area contributed by atoms with Gasteiger partial charge in [-0.15, -0.1) is 0 Å². The number of nitrogens with two attached hydrogens (primary N) is 1. The van der Waals surface area contributed by atoms with Crippen LogP contribution in [0.15, 0.2) is 18.2 Å². The third-order valence-electron chi connectivity index (χ3n) is 1.95. The summed E-state index contributed by atoms with van der Waals surface area (Å²) in [6, 6.07) is 4.57. The van der Waals surface area contributed by atoms with Crippen molar-refractivity contribution >= 4 is 0 Å². The summed E-state index contributed by atoms with van der Waals surface area (Å²) >= 11 is 0. The molecule has 1 aromatic carbocycles. The van der Waals surface area contributed by atoms with Gasteiger partial charge in [-0.3, -0.25) is 0 Å². The van der Waals surface area contributed by atoms with E-state index in [1.807, 2.05) is 6.92 Å². The lowest BCUT2D eigenvalue weighted by molar-refractivity contribution is 0.0686. The van der Waals surface area contributed by atoms with Crippen molar-refractivity contribution in [1.82, 2.24) is 0 Å². The van der Waals surface area contributed by atoms with Gasteiger partial charge in [0.25, 0.3) is 0 Å². The minimum absolute atomic E-state index is 0.138. The fourth-order valence-electron chi connectivity index (χ4n) is 1.24. The molecule has 1 aromatic rings. The first-order chi connectivity index (χ1) is 6.69. The van der Waals surface area contributed by atoms with E-state index < -0.39 is 0 Å². The van der Waals surface area contributed by atoms with Crippen molar-refractivity contribution in [3.63, 3.8) is 0 Å². The number of hydrogen-bond acceptors (Lipinski definition) is 4. The molecular weight excluding hydrogens is 182 g/mol. The van der Waals surface area contributed by atoms with Gasteiger partial charge in [0, 0.05) is 13.2 Å². The van der Waals surface area contributed by atoms with E-state index in [2.05, 4.69) is 0 Å². The van der Waals surface area contributed by atoms with Crippen LogP contribution in [0.3, 0.4) is 0 Å². The summed E-state index contributed by atoms with van der Waals surface area (Å²) in [6.07, 6.45) is -0.230. The lowest BCUT2D eigenvalue weighted by atomic mass is 10.1. The van der Waals surface area contributed by atoms with Crippen molar-refractivity contribution in [3.05, 3.63) is 23.8 Å². The Morgan fingerprint density at radius 3 is 2.57 bits per heavy atom. The highest BCUT2D eigenvalue weighted by molar-refractivity contribution is 5.41. The zero-order valence-electron chi connectivity index (χ0n) is 8.10. The van der Waals surface area contributed by atoms with E-state index in [1.54, 1.807) is 6.07 Å². The molecule has 0 saturated carbocycles. The predicted molar refractivity (Wildman–Crippen MR) is 53.2 cm³/mol. The third-order valence-corrected chi connectivity index (χ3v) is 1.95. The van der Waals surface area contributed by atoms with Crippen molar-refractivity contribution in [2.75, 3.05) is 13.2 Å². The number of phenolic OH excluding ortho intramolecular Hbond substituents is 2. The molecule has 4 N–H and O–H groups in total. The number of benzene rings is 1. The molecule has 0 bridgehead atoms. The summed E-state index contributed by atoms with van der Waals surface area (Å²) < 4.78 is 5.35. The summed E-state index contributed by atoms with van der Waals surface area (Å²) in [5.74, 6) is -0.290. The molecule has 4 heteroatoms. The normalized spacial score (nSPS) is 12.7. The zero-order chi connectivity index (χ0) is 10.6. The summed E-state index contributed by atoms with van der Waals surface area (Å²) in [5.41, 5.74) is 6.28. The average Bonchev–Trinajstić information content (AvgIpc) is 2.19. The molecule has 0 aromatic heterocycles. The lowest BCUT2D eigenvalue weighted by Gasteiger charge is -2.15. The van der Waals surface area contributed by atoms with E-state index in [-0.39, 0.29) is 17.6 Å². The van der Waals surface area contributed by atoms with Gasteiger partial charge < -0.3 is 20.7 Å². The molecule has 0 aliphatic carbocycles. The first-order valence-electron chi connectivity index (χ1n) is 4.52. The van der Waals surface area contributed by atoms with E-state index in [9.17, 15) is 5.11 Å². The quantitative estimate of drug-likeness (QED) is 0.632. The fraction of sp³-hybridized carbons (Fsp3) is 0.400. The van der Waals surface area contributed by atoms with Crippen molar-refractivity contribution in [3.8, 4) is 11.5 Å². The fourth-order valence-corrected chi connectivity index (χ4v) is 1.24. The second kappa shape index (κ2) is 4.83. The molecule has 78 valence electrons. The second-order valence-electron chi connectivity index (χ2n) is 2.93. The van der Waals surface area contributed by atoms with Crippen LogP contribution < -0.4 is 5.73 Å². The molecule has 0 unspecified atom stereocenters. The molecule has 0 aliphatic rings. The molecule has 0 spiro atoms. The minimum atomic E-state index is -0.230. The molecular formula is C10H15NO3. The molecule has 0 saturated heterocycles. The number of rotatable bonds is 4. The average molecular weight is 197 g/mol. The van der Waals surface area contributed by atoms with Gasteiger partial charge in [-0.2, -0.15) is 0 Å². The Hall–Kier alpha value is -1.26.